The average molecular weight is 577 g/mol. The number of hydrogen-bond acceptors (Lipinski definition) is 4. The van der Waals surface area contributed by atoms with Gasteiger partial charge in [-0.3, -0.25) is 9.89 Å². The molecular formula is C19H31F3IN5O2S. The first-order valence-corrected chi connectivity index (χ1v) is 11.5. The van der Waals surface area contributed by atoms with Crippen LogP contribution in [0.1, 0.15) is 31.4 Å². The van der Waals surface area contributed by atoms with Crippen molar-refractivity contribution in [1.82, 2.24) is 20.3 Å². The molecular weight excluding hydrogens is 546 g/mol. The van der Waals surface area contributed by atoms with E-state index in [0.29, 0.717) is 19.0 Å². The first-order chi connectivity index (χ1) is 13.8. The van der Waals surface area contributed by atoms with Gasteiger partial charge in [0.15, 0.2) is 5.96 Å². The summed E-state index contributed by atoms with van der Waals surface area (Å²) in [5.41, 5.74) is -0.495. The minimum absolute atomic E-state index is 0. The fourth-order valence-corrected chi connectivity index (χ4v) is 4.46. The zero-order chi connectivity index (χ0) is 22.6. The predicted octanol–water partition coefficient (Wildman–Crippen LogP) is 2.39. The third kappa shape index (κ3) is 9.91. The molecule has 31 heavy (non-hydrogen) atoms. The molecule has 0 aliphatic carbocycles. The third-order valence-corrected chi connectivity index (χ3v) is 5.61. The van der Waals surface area contributed by atoms with Gasteiger partial charge in [0.1, 0.15) is 0 Å². The van der Waals surface area contributed by atoms with Crippen molar-refractivity contribution in [3.63, 3.8) is 0 Å². The molecule has 1 aliphatic heterocycles. The van der Waals surface area contributed by atoms with Crippen LogP contribution in [0.25, 0.3) is 0 Å². The number of nitrogens with one attached hydrogen (secondary N) is 3. The van der Waals surface area contributed by atoms with Crippen LogP contribution in [0.3, 0.4) is 0 Å². The molecule has 1 unspecified atom stereocenters. The van der Waals surface area contributed by atoms with Crippen molar-refractivity contribution in [1.29, 1.82) is 0 Å². The number of hydrogen-bond donors (Lipinski definition) is 3. The predicted molar refractivity (Wildman–Crippen MR) is 127 cm³/mol. The number of rotatable bonds is 7. The van der Waals surface area contributed by atoms with E-state index in [2.05, 4.69) is 25.2 Å². The Kier molecular flexibility index (Phi) is 10.0. The van der Waals surface area contributed by atoms with Gasteiger partial charge in [-0.1, -0.05) is 12.1 Å². The van der Waals surface area contributed by atoms with Gasteiger partial charge in [0.25, 0.3) is 0 Å². The summed E-state index contributed by atoms with van der Waals surface area (Å²) in [5, 5.41) is 6.45. The van der Waals surface area contributed by atoms with Crippen LogP contribution < -0.4 is 15.4 Å². The lowest BCUT2D eigenvalue weighted by Gasteiger charge is -2.27. The second kappa shape index (κ2) is 11.1. The topological polar surface area (TPSA) is 85.8 Å². The summed E-state index contributed by atoms with van der Waals surface area (Å²) in [7, 11) is -1.69. The summed E-state index contributed by atoms with van der Waals surface area (Å²) < 4.78 is 63.5. The van der Waals surface area contributed by atoms with Crippen LogP contribution in [-0.2, 0) is 22.7 Å². The Balaban J connectivity index is 0.00000480. The van der Waals surface area contributed by atoms with Gasteiger partial charge >= 0.3 is 6.18 Å². The monoisotopic (exact) mass is 577 g/mol. The lowest BCUT2D eigenvalue weighted by atomic mass is 10.1. The number of halogens is 4. The maximum absolute atomic E-state index is 12.7. The molecule has 0 bridgehead atoms. The van der Waals surface area contributed by atoms with E-state index >= 15 is 0 Å². The van der Waals surface area contributed by atoms with E-state index in [1.807, 2.05) is 0 Å². The van der Waals surface area contributed by atoms with Crippen LogP contribution in [-0.4, -0.2) is 63.8 Å². The highest BCUT2D eigenvalue weighted by atomic mass is 127. The number of aliphatic imine (C=N–C) groups is 1. The second-order valence-electron chi connectivity index (χ2n) is 8.24. The van der Waals surface area contributed by atoms with Crippen molar-refractivity contribution in [3.8, 4) is 0 Å². The highest BCUT2D eigenvalue weighted by Gasteiger charge is 2.30. The molecule has 1 aromatic rings. The number of benzene rings is 1. The van der Waals surface area contributed by atoms with Gasteiger partial charge in [0.05, 0.1) is 11.8 Å². The Labute approximate surface area is 199 Å². The van der Waals surface area contributed by atoms with Gasteiger partial charge < -0.3 is 10.6 Å². The molecule has 1 saturated heterocycles. The summed E-state index contributed by atoms with van der Waals surface area (Å²) in [6, 6.07) is 5.39. The normalized spacial score (nSPS) is 18.5. The summed E-state index contributed by atoms with van der Waals surface area (Å²) >= 11 is 0. The number of alkyl halides is 3. The van der Waals surface area contributed by atoms with Gasteiger partial charge in [0.2, 0.25) is 10.0 Å². The Bertz CT molecular complexity index is 845. The molecule has 3 N–H and O–H groups in total. The molecule has 1 aromatic carbocycles. The molecule has 0 spiro atoms. The molecule has 178 valence electrons. The van der Waals surface area contributed by atoms with E-state index in [0.717, 1.165) is 43.5 Å². The summed E-state index contributed by atoms with van der Waals surface area (Å²) in [4.78, 5) is 6.35. The first-order valence-electron chi connectivity index (χ1n) is 9.62. The van der Waals surface area contributed by atoms with E-state index in [1.54, 1.807) is 20.9 Å². The van der Waals surface area contributed by atoms with Crippen molar-refractivity contribution in [3.05, 3.63) is 35.4 Å². The molecule has 2 rings (SSSR count). The SMILES string of the molecule is CN=C(NCC(C)(C)NS(C)(=O)=O)NC1CCN(Cc2ccc(C(F)(F)F)cc2)C1.I. The standard InChI is InChI=1S/C19H30F3N5O2S.HI/c1-18(2,26-30(4,28)29)13-24-17(23-3)25-16-9-10-27(12-16)11-14-5-7-15(8-6-14)19(20,21)22;/h5-8,16,26H,9-13H2,1-4H3,(H2,23,24,25);1H. The minimum Gasteiger partial charge on any atom is -0.355 e. The molecule has 0 saturated carbocycles. The third-order valence-electron chi connectivity index (χ3n) is 4.68. The zero-order valence-electron chi connectivity index (χ0n) is 18.1. The Morgan fingerprint density at radius 1 is 1.23 bits per heavy atom. The Morgan fingerprint density at radius 3 is 2.35 bits per heavy atom. The van der Waals surface area contributed by atoms with Crippen LogP contribution in [0.5, 0.6) is 0 Å². The number of likely N-dealkylation sites (tertiary alicyclic amines) is 1. The largest absolute Gasteiger partial charge is 0.416 e. The molecule has 1 heterocycles. The maximum atomic E-state index is 12.7. The van der Waals surface area contributed by atoms with Crippen molar-refractivity contribution in [2.24, 2.45) is 4.99 Å². The van der Waals surface area contributed by atoms with Gasteiger partial charge in [-0.2, -0.15) is 13.2 Å². The van der Waals surface area contributed by atoms with Gasteiger partial charge in [-0.25, -0.2) is 13.1 Å². The number of guanidine groups is 1. The summed E-state index contributed by atoms with van der Waals surface area (Å²) in [5.74, 6) is 0.569. The molecule has 1 fully saturated rings. The average Bonchev–Trinajstić information content (AvgIpc) is 3.03. The van der Waals surface area contributed by atoms with Crippen LogP contribution in [0.4, 0.5) is 13.2 Å². The molecule has 1 aliphatic rings. The van der Waals surface area contributed by atoms with E-state index < -0.39 is 27.3 Å². The lowest BCUT2D eigenvalue weighted by molar-refractivity contribution is -0.137. The molecule has 1 atom stereocenters. The number of sulfonamides is 1. The fourth-order valence-electron chi connectivity index (χ4n) is 3.38. The number of nitrogens with zero attached hydrogens (tertiary/aromatic N) is 2. The van der Waals surface area contributed by atoms with Crippen LogP contribution >= 0.6 is 24.0 Å². The van der Waals surface area contributed by atoms with Crippen LogP contribution in [0, 0.1) is 0 Å². The fraction of sp³-hybridized carbons (Fsp3) is 0.632. The van der Waals surface area contributed by atoms with E-state index in [-0.39, 0.29) is 30.0 Å². The van der Waals surface area contributed by atoms with Crippen molar-refractivity contribution >= 4 is 40.0 Å². The minimum atomic E-state index is -4.32. The summed E-state index contributed by atoms with van der Waals surface area (Å²) in [6.07, 6.45) is -2.34. The zero-order valence-corrected chi connectivity index (χ0v) is 21.2. The van der Waals surface area contributed by atoms with Crippen molar-refractivity contribution in [2.75, 3.05) is 32.9 Å². The maximum Gasteiger partial charge on any atom is 0.416 e. The van der Waals surface area contributed by atoms with E-state index in [4.69, 9.17) is 0 Å². The Hall–Kier alpha value is -1.12. The van der Waals surface area contributed by atoms with Crippen LogP contribution in [0.15, 0.2) is 29.3 Å². The van der Waals surface area contributed by atoms with Crippen molar-refractivity contribution in [2.45, 2.75) is 44.6 Å². The Morgan fingerprint density at radius 2 is 1.84 bits per heavy atom. The molecule has 0 amide bonds. The smallest absolute Gasteiger partial charge is 0.355 e. The molecule has 7 nitrogen and oxygen atoms in total. The van der Waals surface area contributed by atoms with Gasteiger partial charge in [-0.15, -0.1) is 24.0 Å². The second-order valence-corrected chi connectivity index (χ2v) is 9.99. The quantitative estimate of drug-likeness (QED) is 0.264. The van der Waals surface area contributed by atoms with E-state index in [9.17, 15) is 21.6 Å². The summed E-state index contributed by atoms with van der Waals surface area (Å²) in [6.45, 7) is 6.02. The molecule has 0 radical (unpaired) electrons. The van der Waals surface area contributed by atoms with Gasteiger partial charge in [-0.05, 0) is 38.0 Å². The van der Waals surface area contributed by atoms with Crippen LogP contribution in [0.2, 0.25) is 0 Å². The molecule has 12 heteroatoms. The first kappa shape index (κ1) is 27.9. The van der Waals surface area contributed by atoms with Gasteiger partial charge in [0, 0.05) is 44.8 Å². The van der Waals surface area contributed by atoms with Crippen molar-refractivity contribution < 1.29 is 21.6 Å². The lowest BCUT2D eigenvalue weighted by Crippen LogP contribution is -2.54. The highest BCUT2D eigenvalue weighted by Crippen LogP contribution is 2.29. The highest BCUT2D eigenvalue weighted by molar-refractivity contribution is 14.0. The molecule has 0 aromatic heterocycles. The van der Waals surface area contributed by atoms with E-state index in [1.165, 1.54) is 12.1 Å².